The molecule has 1 saturated heterocycles. The summed E-state index contributed by atoms with van der Waals surface area (Å²) in [5, 5.41) is 1.93. The number of hydrogen-bond acceptors (Lipinski definition) is 6. The first-order valence-corrected chi connectivity index (χ1v) is 11.0. The first kappa shape index (κ1) is 19.7. The fraction of sp³-hybridized carbons (Fsp3) is 0.318. The molecule has 1 N–H and O–H groups in total. The van der Waals surface area contributed by atoms with Gasteiger partial charge >= 0.3 is 0 Å². The molecule has 1 atom stereocenters. The number of carbonyl (C=O) groups excluding carboxylic acids is 3. The number of nitrogens with one attached hydrogen (secondary N) is 1. The van der Waals surface area contributed by atoms with Gasteiger partial charge in [-0.1, -0.05) is 12.1 Å². The highest BCUT2D eigenvalue weighted by atomic mass is 32.2. The van der Waals surface area contributed by atoms with Gasteiger partial charge in [0.1, 0.15) is 6.54 Å². The van der Waals surface area contributed by atoms with E-state index in [1.165, 1.54) is 16.7 Å². The number of carbonyl (C=O) groups is 3. The van der Waals surface area contributed by atoms with Crippen LogP contribution in [0.4, 0.5) is 11.4 Å². The highest BCUT2D eigenvalue weighted by Gasteiger charge is 2.41. The molecule has 8 nitrogen and oxygen atoms in total. The monoisotopic (exact) mass is 439 g/mol. The molecular formula is C22H21N3O5S. The van der Waals surface area contributed by atoms with Crippen LogP contribution in [0, 0.1) is 0 Å². The van der Waals surface area contributed by atoms with E-state index in [4.69, 9.17) is 9.47 Å². The number of anilines is 2. The van der Waals surface area contributed by atoms with Gasteiger partial charge in [0.2, 0.25) is 18.6 Å². The normalized spacial score (nSPS) is 19.4. The third-order valence-electron chi connectivity index (χ3n) is 5.49. The van der Waals surface area contributed by atoms with E-state index in [0.29, 0.717) is 36.0 Å². The van der Waals surface area contributed by atoms with Crippen LogP contribution in [0.1, 0.15) is 12.8 Å². The minimum absolute atomic E-state index is 0.149. The summed E-state index contributed by atoms with van der Waals surface area (Å²) in [5.41, 5.74) is 1.19. The lowest BCUT2D eigenvalue weighted by molar-refractivity contribution is -0.134. The Hall–Kier alpha value is -3.20. The van der Waals surface area contributed by atoms with Crippen molar-refractivity contribution >= 4 is 40.9 Å². The number of ether oxygens (including phenoxy) is 2. The average Bonchev–Trinajstić information content (AvgIpc) is 3.47. The predicted molar refractivity (Wildman–Crippen MR) is 115 cm³/mol. The Kier molecular flexibility index (Phi) is 5.19. The highest BCUT2D eigenvalue weighted by Crippen LogP contribution is 2.40. The Labute approximate surface area is 183 Å². The van der Waals surface area contributed by atoms with Gasteiger partial charge in [-0.2, -0.15) is 0 Å². The molecule has 0 bridgehead atoms. The van der Waals surface area contributed by atoms with Crippen molar-refractivity contribution in [3.05, 3.63) is 42.5 Å². The summed E-state index contributed by atoms with van der Waals surface area (Å²) >= 11 is 1.26. The Bertz CT molecular complexity index is 1050. The van der Waals surface area contributed by atoms with Crippen molar-refractivity contribution in [2.45, 2.75) is 23.0 Å². The standard InChI is InChI=1S/C22H21N3O5S/c26-19(23-14-7-8-16-17(11-14)30-13-29-16)12-25-15-5-1-2-6-18(15)31-20(22(25)28)21(27)24-9-3-4-10-24/h1-2,5-8,11,20H,3-4,9-10,12-13H2,(H,23,26)/t20-/m0/s1. The van der Waals surface area contributed by atoms with Gasteiger partial charge in [-0.25, -0.2) is 0 Å². The maximum Gasteiger partial charge on any atom is 0.250 e. The van der Waals surface area contributed by atoms with Crippen LogP contribution in [0.5, 0.6) is 11.5 Å². The number of likely N-dealkylation sites (tertiary alicyclic amines) is 1. The van der Waals surface area contributed by atoms with Crippen molar-refractivity contribution in [1.29, 1.82) is 0 Å². The zero-order valence-electron chi connectivity index (χ0n) is 16.7. The molecule has 3 aliphatic rings. The van der Waals surface area contributed by atoms with Gasteiger partial charge in [0, 0.05) is 29.7 Å². The number of thioether (sulfide) groups is 1. The van der Waals surface area contributed by atoms with E-state index in [1.807, 2.05) is 18.2 Å². The molecule has 9 heteroatoms. The van der Waals surface area contributed by atoms with E-state index in [2.05, 4.69) is 5.32 Å². The largest absolute Gasteiger partial charge is 0.454 e. The van der Waals surface area contributed by atoms with Gasteiger partial charge in [0.15, 0.2) is 16.7 Å². The van der Waals surface area contributed by atoms with Crippen molar-refractivity contribution in [2.75, 3.05) is 36.6 Å². The number of benzene rings is 2. The van der Waals surface area contributed by atoms with Crippen LogP contribution < -0.4 is 19.7 Å². The highest BCUT2D eigenvalue weighted by molar-refractivity contribution is 8.01. The molecule has 2 aromatic carbocycles. The number of rotatable bonds is 4. The molecule has 31 heavy (non-hydrogen) atoms. The van der Waals surface area contributed by atoms with Crippen molar-refractivity contribution < 1.29 is 23.9 Å². The van der Waals surface area contributed by atoms with Crippen LogP contribution in [0.3, 0.4) is 0 Å². The first-order valence-electron chi connectivity index (χ1n) is 10.2. The molecule has 3 amide bonds. The minimum atomic E-state index is -0.869. The third-order valence-corrected chi connectivity index (χ3v) is 6.73. The number of hydrogen-bond donors (Lipinski definition) is 1. The summed E-state index contributed by atoms with van der Waals surface area (Å²) in [6, 6.07) is 12.5. The van der Waals surface area contributed by atoms with E-state index in [9.17, 15) is 14.4 Å². The molecule has 2 aromatic rings. The van der Waals surface area contributed by atoms with Crippen LogP contribution in [-0.2, 0) is 14.4 Å². The van der Waals surface area contributed by atoms with Crippen molar-refractivity contribution in [2.24, 2.45) is 0 Å². The summed E-state index contributed by atoms with van der Waals surface area (Å²) in [5.74, 6) is 0.286. The third kappa shape index (κ3) is 3.81. The molecule has 0 spiro atoms. The van der Waals surface area contributed by atoms with Gasteiger partial charge in [-0.05, 0) is 37.1 Å². The van der Waals surface area contributed by atoms with Crippen molar-refractivity contribution in [3.8, 4) is 11.5 Å². The van der Waals surface area contributed by atoms with Crippen LogP contribution in [0.2, 0.25) is 0 Å². The molecule has 0 saturated carbocycles. The van der Waals surface area contributed by atoms with Gasteiger partial charge in [-0.15, -0.1) is 11.8 Å². The molecule has 160 valence electrons. The molecule has 0 unspecified atom stereocenters. The fourth-order valence-electron chi connectivity index (χ4n) is 3.96. The summed E-state index contributed by atoms with van der Waals surface area (Å²) in [7, 11) is 0. The second-order valence-electron chi connectivity index (χ2n) is 7.54. The maximum absolute atomic E-state index is 13.3. The second-order valence-corrected chi connectivity index (χ2v) is 8.69. The lowest BCUT2D eigenvalue weighted by Gasteiger charge is -2.34. The first-order chi connectivity index (χ1) is 15.1. The van der Waals surface area contributed by atoms with Gasteiger partial charge < -0.3 is 24.6 Å². The van der Waals surface area contributed by atoms with Crippen LogP contribution in [0.15, 0.2) is 47.4 Å². The van der Waals surface area contributed by atoms with E-state index < -0.39 is 5.25 Å². The number of amides is 3. The number of para-hydroxylation sites is 1. The smallest absolute Gasteiger partial charge is 0.250 e. The Morgan fingerprint density at radius 2 is 1.84 bits per heavy atom. The molecule has 3 aliphatic heterocycles. The number of fused-ring (bicyclic) bond motifs is 2. The van der Waals surface area contributed by atoms with Crippen molar-refractivity contribution in [1.82, 2.24) is 4.90 Å². The summed E-state index contributed by atoms with van der Waals surface area (Å²) in [6.07, 6.45) is 1.91. The second kappa shape index (κ2) is 8.14. The van der Waals surface area contributed by atoms with E-state index >= 15 is 0 Å². The molecule has 0 aliphatic carbocycles. The number of nitrogens with zero attached hydrogens (tertiary/aromatic N) is 2. The Balaban J connectivity index is 1.35. The molecule has 0 radical (unpaired) electrons. The quantitative estimate of drug-likeness (QED) is 0.737. The molecule has 5 rings (SSSR count). The molecule has 3 heterocycles. The topological polar surface area (TPSA) is 88.2 Å². The molecule has 0 aromatic heterocycles. The predicted octanol–water partition coefficient (Wildman–Crippen LogP) is 2.48. The zero-order valence-corrected chi connectivity index (χ0v) is 17.5. The molecule has 1 fully saturated rings. The van der Waals surface area contributed by atoms with E-state index in [1.54, 1.807) is 29.2 Å². The average molecular weight is 439 g/mol. The van der Waals surface area contributed by atoms with Gasteiger partial charge in [-0.3, -0.25) is 14.4 Å². The zero-order chi connectivity index (χ0) is 21.4. The lowest BCUT2D eigenvalue weighted by Crippen LogP contribution is -2.51. The van der Waals surface area contributed by atoms with Crippen LogP contribution >= 0.6 is 11.8 Å². The Morgan fingerprint density at radius 1 is 1.06 bits per heavy atom. The van der Waals surface area contributed by atoms with Gasteiger partial charge in [0.05, 0.1) is 5.69 Å². The Morgan fingerprint density at radius 3 is 2.68 bits per heavy atom. The van der Waals surface area contributed by atoms with Gasteiger partial charge in [0.25, 0.3) is 5.91 Å². The van der Waals surface area contributed by atoms with Crippen LogP contribution in [-0.4, -0.2) is 54.3 Å². The summed E-state index contributed by atoms with van der Waals surface area (Å²) in [6.45, 7) is 1.31. The minimum Gasteiger partial charge on any atom is -0.454 e. The van der Waals surface area contributed by atoms with Crippen molar-refractivity contribution in [3.63, 3.8) is 0 Å². The fourth-order valence-corrected chi connectivity index (χ4v) is 5.15. The summed E-state index contributed by atoms with van der Waals surface area (Å²) < 4.78 is 10.6. The SMILES string of the molecule is O=C(CN1C(=O)[C@H](C(=O)N2CCCC2)Sc2ccccc21)Nc1ccc2c(c1)OCO2. The van der Waals surface area contributed by atoms with E-state index in [-0.39, 0.29) is 31.1 Å². The molecular weight excluding hydrogens is 418 g/mol. The summed E-state index contributed by atoms with van der Waals surface area (Å²) in [4.78, 5) is 43.0. The lowest BCUT2D eigenvalue weighted by atomic mass is 10.2. The van der Waals surface area contributed by atoms with Crippen LogP contribution in [0.25, 0.3) is 0 Å². The van der Waals surface area contributed by atoms with E-state index in [0.717, 1.165) is 17.7 Å². The maximum atomic E-state index is 13.3.